The summed E-state index contributed by atoms with van der Waals surface area (Å²) in [6.45, 7) is 19.0. The van der Waals surface area contributed by atoms with E-state index in [1.165, 1.54) is 15.6 Å². The van der Waals surface area contributed by atoms with Crippen molar-refractivity contribution in [2.45, 2.75) is 67.3 Å². The Bertz CT molecular complexity index is 388. The second-order valence-corrected chi connectivity index (χ2v) is 8.93. The van der Waals surface area contributed by atoms with Gasteiger partial charge in [-0.3, -0.25) is 0 Å². The predicted molar refractivity (Wildman–Crippen MR) is 86.0 cm³/mol. The summed E-state index contributed by atoms with van der Waals surface area (Å²) in [5, 5.41) is 4.93. The monoisotopic (exact) mass is 282 g/mol. The molecule has 110 valence electrons. The van der Waals surface area contributed by atoms with Gasteiger partial charge in [0, 0.05) is 16.8 Å². The fraction of sp³-hybridized carbons (Fsp3) is 0.812. The van der Waals surface area contributed by atoms with Crippen molar-refractivity contribution in [1.29, 1.82) is 0 Å². The zero-order valence-electron chi connectivity index (χ0n) is 13.8. The fourth-order valence-corrected chi connectivity index (χ4v) is 2.97. The summed E-state index contributed by atoms with van der Waals surface area (Å²) in [5.41, 5.74) is 1.67. The number of hydrogen-bond acceptors (Lipinski definition) is 3. The number of thiazole rings is 1. The number of aromatic nitrogens is 1. The van der Waals surface area contributed by atoms with Crippen LogP contribution in [0.5, 0.6) is 0 Å². The molecule has 0 amide bonds. The van der Waals surface area contributed by atoms with Crippen LogP contribution in [-0.4, -0.2) is 17.1 Å². The maximum absolute atomic E-state index is 4.70. The second kappa shape index (κ2) is 5.92. The summed E-state index contributed by atoms with van der Waals surface area (Å²) < 4.78 is 0. The van der Waals surface area contributed by atoms with Gasteiger partial charge in [0.15, 0.2) is 0 Å². The molecule has 0 saturated carbocycles. The Labute approximate surface area is 123 Å². The van der Waals surface area contributed by atoms with E-state index in [4.69, 9.17) is 4.98 Å². The second-order valence-electron chi connectivity index (χ2n) is 7.65. The van der Waals surface area contributed by atoms with Gasteiger partial charge in [0.2, 0.25) is 0 Å². The molecule has 0 fully saturated rings. The summed E-state index contributed by atoms with van der Waals surface area (Å²) in [6, 6.07) is 0. The molecule has 0 bridgehead atoms. The topological polar surface area (TPSA) is 24.9 Å². The number of rotatable bonds is 4. The first-order valence-electron chi connectivity index (χ1n) is 7.17. The Morgan fingerprint density at radius 1 is 1.11 bits per heavy atom. The number of aryl methyl sites for hydroxylation is 2. The Balaban J connectivity index is 2.75. The van der Waals surface area contributed by atoms with Crippen LogP contribution in [-0.2, 0) is 6.42 Å². The normalized spacial score (nSPS) is 14.7. The Kier molecular flexibility index (Phi) is 5.19. The molecule has 0 aliphatic rings. The number of nitrogens with zero attached hydrogens (tertiary/aromatic N) is 1. The third-order valence-corrected chi connectivity index (χ3v) is 4.69. The van der Waals surface area contributed by atoms with Crippen molar-refractivity contribution in [3.63, 3.8) is 0 Å². The molecule has 1 atom stereocenters. The smallest absolute Gasteiger partial charge is 0.0934 e. The first-order valence-corrected chi connectivity index (χ1v) is 7.98. The van der Waals surface area contributed by atoms with Crippen molar-refractivity contribution in [2.24, 2.45) is 11.3 Å². The molecule has 3 heteroatoms. The highest BCUT2D eigenvalue weighted by molar-refractivity contribution is 7.11. The highest BCUT2D eigenvalue weighted by atomic mass is 32.1. The maximum Gasteiger partial charge on any atom is 0.0934 e. The van der Waals surface area contributed by atoms with Gasteiger partial charge in [0.05, 0.1) is 10.7 Å². The number of nitrogens with one attached hydrogen (secondary N) is 1. The molecule has 19 heavy (non-hydrogen) atoms. The average molecular weight is 282 g/mol. The summed E-state index contributed by atoms with van der Waals surface area (Å²) in [7, 11) is 0. The van der Waals surface area contributed by atoms with Crippen LogP contribution in [0.15, 0.2) is 0 Å². The molecule has 1 aromatic heterocycles. The van der Waals surface area contributed by atoms with Crippen molar-refractivity contribution in [3.05, 3.63) is 15.6 Å². The van der Waals surface area contributed by atoms with E-state index < -0.39 is 0 Å². The minimum atomic E-state index is 0.179. The van der Waals surface area contributed by atoms with E-state index in [1.54, 1.807) is 0 Å². The lowest BCUT2D eigenvalue weighted by Crippen LogP contribution is -2.42. The molecule has 0 aromatic carbocycles. The van der Waals surface area contributed by atoms with E-state index >= 15 is 0 Å². The maximum atomic E-state index is 4.70. The van der Waals surface area contributed by atoms with Gasteiger partial charge in [-0.2, -0.15) is 0 Å². The van der Waals surface area contributed by atoms with Crippen molar-refractivity contribution in [3.8, 4) is 0 Å². The van der Waals surface area contributed by atoms with E-state index in [1.807, 2.05) is 11.3 Å². The zero-order chi connectivity index (χ0) is 14.8. The molecule has 1 aromatic rings. The summed E-state index contributed by atoms with van der Waals surface area (Å²) in [4.78, 5) is 6.05. The first-order chi connectivity index (χ1) is 8.49. The van der Waals surface area contributed by atoms with E-state index in [9.17, 15) is 0 Å². The molecule has 1 unspecified atom stereocenters. The van der Waals surface area contributed by atoms with Crippen molar-refractivity contribution >= 4 is 11.3 Å². The van der Waals surface area contributed by atoms with Gasteiger partial charge < -0.3 is 5.32 Å². The highest BCUT2D eigenvalue weighted by Crippen LogP contribution is 2.31. The van der Waals surface area contributed by atoms with Gasteiger partial charge in [-0.25, -0.2) is 4.98 Å². The molecule has 1 heterocycles. The minimum Gasteiger partial charge on any atom is -0.312 e. The lowest BCUT2D eigenvalue weighted by atomic mass is 9.78. The Morgan fingerprint density at radius 3 is 2.05 bits per heavy atom. The van der Waals surface area contributed by atoms with Gasteiger partial charge in [0.1, 0.15) is 0 Å². The largest absolute Gasteiger partial charge is 0.312 e. The first kappa shape index (κ1) is 16.6. The third-order valence-electron chi connectivity index (χ3n) is 3.60. The molecule has 0 saturated heterocycles. The van der Waals surface area contributed by atoms with Gasteiger partial charge in [-0.15, -0.1) is 11.3 Å². The average Bonchev–Trinajstić information content (AvgIpc) is 2.50. The van der Waals surface area contributed by atoms with Gasteiger partial charge >= 0.3 is 0 Å². The molecular weight excluding hydrogens is 252 g/mol. The highest BCUT2D eigenvalue weighted by Gasteiger charge is 2.27. The third kappa shape index (κ3) is 5.62. The number of hydrogen-bond donors (Lipinski definition) is 1. The van der Waals surface area contributed by atoms with Crippen LogP contribution in [0.3, 0.4) is 0 Å². The Hall–Kier alpha value is -0.410. The lowest BCUT2D eigenvalue weighted by Gasteiger charge is -2.33. The Morgan fingerprint density at radius 2 is 1.68 bits per heavy atom. The molecule has 2 nitrogen and oxygen atoms in total. The minimum absolute atomic E-state index is 0.179. The van der Waals surface area contributed by atoms with E-state index in [-0.39, 0.29) is 5.54 Å². The van der Waals surface area contributed by atoms with Crippen LogP contribution in [0, 0.1) is 25.2 Å². The van der Waals surface area contributed by atoms with Gasteiger partial charge in [0.25, 0.3) is 0 Å². The van der Waals surface area contributed by atoms with Crippen molar-refractivity contribution < 1.29 is 0 Å². The van der Waals surface area contributed by atoms with Crippen molar-refractivity contribution in [1.82, 2.24) is 10.3 Å². The van der Waals surface area contributed by atoms with E-state index in [0.717, 1.165) is 13.0 Å². The molecule has 0 spiro atoms. The molecule has 0 aliphatic heterocycles. The zero-order valence-corrected chi connectivity index (χ0v) is 14.7. The van der Waals surface area contributed by atoms with Crippen LogP contribution in [0.4, 0.5) is 0 Å². The summed E-state index contributed by atoms with van der Waals surface area (Å²) in [5.74, 6) is 0.608. The summed E-state index contributed by atoms with van der Waals surface area (Å²) in [6.07, 6.45) is 1.08. The quantitative estimate of drug-likeness (QED) is 0.888. The molecule has 1 rings (SSSR count). The lowest BCUT2D eigenvalue weighted by molar-refractivity contribution is 0.214. The van der Waals surface area contributed by atoms with E-state index in [0.29, 0.717) is 11.3 Å². The van der Waals surface area contributed by atoms with Crippen LogP contribution < -0.4 is 5.32 Å². The molecule has 1 N–H and O–H groups in total. The van der Waals surface area contributed by atoms with Gasteiger partial charge in [-0.1, -0.05) is 20.8 Å². The fourth-order valence-electron chi connectivity index (χ4n) is 1.95. The SMILES string of the molecule is Cc1nc(CC(CNC(C)(C)C)C(C)(C)C)sc1C. The van der Waals surface area contributed by atoms with Crippen molar-refractivity contribution in [2.75, 3.05) is 6.54 Å². The molecule has 0 aliphatic carbocycles. The van der Waals surface area contributed by atoms with E-state index in [2.05, 4.69) is 60.7 Å². The van der Waals surface area contributed by atoms with Crippen LogP contribution in [0.25, 0.3) is 0 Å². The molecule has 0 radical (unpaired) electrons. The summed E-state index contributed by atoms with van der Waals surface area (Å²) >= 11 is 1.85. The van der Waals surface area contributed by atoms with Gasteiger partial charge in [-0.05, 0) is 52.5 Å². The molecular formula is C16H30N2S. The van der Waals surface area contributed by atoms with Crippen LogP contribution >= 0.6 is 11.3 Å². The standard InChI is InChI=1S/C16H30N2S/c1-11-12(2)19-14(18-11)9-13(15(3,4)5)10-17-16(6,7)8/h13,17H,9-10H2,1-8H3. The predicted octanol–water partition coefficient (Wildman–Crippen LogP) is 4.35. The van der Waals surface area contributed by atoms with Crippen LogP contribution in [0.2, 0.25) is 0 Å². The van der Waals surface area contributed by atoms with Crippen LogP contribution in [0.1, 0.15) is 57.1 Å².